The van der Waals surface area contributed by atoms with E-state index in [1.54, 1.807) is 18.9 Å². The molecular weight excluding hydrogens is 304 g/mol. The number of oxazole rings is 1. The van der Waals surface area contributed by atoms with E-state index < -0.39 is 9.84 Å². The third kappa shape index (κ3) is 2.99. The maximum atomic E-state index is 12.3. The van der Waals surface area contributed by atoms with Crippen molar-refractivity contribution in [2.24, 2.45) is 0 Å². The summed E-state index contributed by atoms with van der Waals surface area (Å²) in [5.74, 6) is 0.734. The number of hydrogen-bond acceptors (Lipinski definition) is 5. The normalized spacial score (nSPS) is 20.4. The number of aromatic nitrogens is 1. The quantitative estimate of drug-likeness (QED) is 0.851. The zero-order valence-corrected chi connectivity index (χ0v) is 13.4. The highest BCUT2D eigenvalue weighted by molar-refractivity contribution is 7.91. The summed E-state index contributed by atoms with van der Waals surface area (Å²) in [7, 11) is -1.32. The summed E-state index contributed by atoms with van der Waals surface area (Å²) in [6.07, 6.45) is 0.744. The summed E-state index contributed by atoms with van der Waals surface area (Å²) < 4.78 is 28.5. The summed E-state index contributed by atoms with van der Waals surface area (Å²) in [5, 5.41) is 0. The Bertz CT molecular complexity index is 825. The van der Waals surface area contributed by atoms with Crippen LogP contribution in [-0.4, -0.2) is 48.8 Å². The molecule has 1 aromatic heterocycles. The number of benzene rings is 1. The standard InChI is InChI=1S/C15H18N2O4S/c1-10-16-13-4-3-11(7-14(13)21-10)8-15(18)17(2)12-5-6-22(19,20)9-12/h3-4,7,12H,5-6,8-9H2,1-2H3. The molecule has 1 aromatic carbocycles. The second-order valence-electron chi connectivity index (χ2n) is 5.77. The molecule has 118 valence electrons. The second kappa shape index (κ2) is 5.39. The molecule has 0 aliphatic carbocycles. The Morgan fingerprint density at radius 3 is 2.91 bits per heavy atom. The minimum absolute atomic E-state index is 0.0651. The molecule has 1 saturated heterocycles. The lowest BCUT2D eigenvalue weighted by molar-refractivity contribution is -0.130. The number of likely N-dealkylation sites (N-methyl/N-ethyl adjacent to an activating group) is 1. The van der Waals surface area contributed by atoms with Crippen LogP contribution in [0, 0.1) is 6.92 Å². The van der Waals surface area contributed by atoms with E-state index in [0.717, 1.165) is 11.1 Å². The molecule has 7 heteroatoms. The lowest BCUT2D eigenvalue weighted by Crippen LogP contribution is -2.38. The van der Waals surface area contributed by atoms with Gasteiger partial charge in [-0.05, 0) is 24.1 Å². The number of amides is 1. The largest absolute Gasteiger partial charge is 0.441 e. The van der Waals surface area contributed by atoms with Crippen molar-refractivity contribution in [3.63, 3.8) is 0 Å². The van der Waals surface area contributed by atoms with E-state index in [-0.39, 0.29) is 29.9 Å². The summed E-state index contributed by atoms with van der Waals surface area (Å²) in [4.78, 5) is 18.1. The monoisotopic (exact) mass is 322 g/mol. The van der Waals surface area contributed by atoms with Crippen LogP contribution in [0.1, 0.15) is 17.9 Å². The molecule has 22 heavy (non-hydrogen) atoms. The molecule has 0 radical (unpaired) electrons. The van der Waals surface area contributed by atoms with Gasteiger partial charge in [0.25, 0.3) is 0 Å². The highest BCUT2D eigenvalue weighted by atomic mass is 32.2. The number of carbonyl (C=O) groups excluding carboxylic acids is 1. The number of aryl methyl sites for hydroxylation is 1. The van der Waals surface area contributed by atoms with Gasteiger partial charge in [-0.15, -0.1) is 0 Å². The van der Waals surface area contributed by atoms with Crippen molar-refractivity contribution in [3.05, 3.63) is 29.7 Å². The molecule has 1 unspecified atom stereocenters. The van der Waals surface area contributed by atoms with Gasteiger partial charge >= 0.3 is 0 Å². The van der Waals surface area contributed by atoms with Crippen LogP contribution in [0.3, 0.4) is 0 Å². The maximum absolute atomic E-state index is 12.3. The smallest absolute Gasteiger partial charge is 0.227 e. The Labute approximate surface area is 129 Å². The number of rotatable bonds is 3. The Morgan fingerprint density at radius 1 is 1.45 bits per heavy atom. The third-order valence-electron chi connectivity index (χ3n) is 4.06. The number of carbonyl (C=O) groups is 1. The molecule has 0 N–H and O–H groups in total. The first-order valence-electron chi connectivity index (χ1n) is 7.16. The molecule has 2 aromatic rings. The molecule has 1 aliphatic heterocycles. The summed E-state index contributed by atoms with van der Waals surface area (Å²) >= 11 is 0. The number of fused-ring (bicyclic) bond motifs is 1. The molecule has 0 spiro atoms. The topological polar surface area (TPSA) is 80.5 Å². The zero-order valence-electron chi connectivity index (χ0n) is 12.6. The van der Waals surface area contributed by atoms with E-state index in [2.05, 4.69) is 4.98 Å². The fraction of sp³-hybridized carbons (Fsp3) is 0.467. The average Bonchev–Trinajstić information content (AvgIpc) is 2.98. The molecule has 0 bridgehead atoms. The van der Waals surface area contributed by atoms with Crippen LogP contribution >= 0.6 is 0 Å². The number of hydrogen-bond donors (Lipinski definition) is 0. The van der Waals surface area contributed by atoms with Gasteiger partial charge in [-0.25, -0.2) is 13.4 Å². The van der Waals surface area contributed by atoms with E-state index >= 15 is 0 Å². The maximum Gasteiger partial charge on any atom is 0.227 e. The van der Waals surface area contributed by atoms with Crippen molar-refractivity contribution in [1.29, 1.82) is 0 Å². The first-order valence-corrected chi connectivity index (χ1v) is 8.98. The Hall–Kier alpha value is -1.89. The Kier molecular flexibility index (Phi) is 3.68. The Morgan fingerprint density at radius 2 is 2.23 bits per heavy atom. The molecule has 2 heterocycles. The van der Waals surface area contributed by atoms with Crippen LogP contribution in [0.15, 0.2) is 22.6 Å². The molecule has 1 amide bonds. The van der Waals surface area contributed by atoms with Crippen molar-refractivity contribution in [1.82, 2.24) is 9.88 Å². The van der Waals surface area contributed by atoms with Crippen LogP contribution in [0.2, 0.25) is 0 Å². The van der Waals surface area contributed by atoms with E-state index in [1.807, 2.05) is 18.2 Å². The molecule has 6 nitrogen and oxygen atoms in total. The summed E-state index contributed by atoms with van der Waals surface area (Å²) in [6, 6.07) is 5.27. The predicted octanol–water partition coefficient (Wildman–Crippen LogP) is 1.32. The van der Waals surface area contributed by atoms with Crippen LogP contribution < -0.4 is 0 Å². The van der Waals surface area contributed by atoms with Crippen molar-refractivity contribution in [2.75, 3.05) is 18.6 Å². The lowest BCUT2D eigenvalue weighted by atomic mass is 10.1. The van der Waals surface area contributed by atoms with Crippen LogP contribution in [-0.2, 0) is 21.1 Å². The SMILES string of the molecule is Cc1nc2ccc(CC(=O)N(C)C3CCS(=O)(=O)C3)cc2o1. The first kappa shape index (κ1) is 15.0. The minimum Gasteiger partial charge on any atom is -0.441 e. The van der Waals surface area contributed by atoms with Gasteiger partial charge in [0, 0.05) is 20.0 Å². The molecule has 1 aliphatic rings. The lowest BCUT2D eigenvalue weighted by Gasteiger charge is -2.23. The van der Waals surface area contributed by atoms with E-state index in [0.29, 0.717) is 17.9 Å². The van der Waals surface area contributed by atoms with E-state index in [9.17, 15) is 13.2 Å². The predicted molar refractivity (Wildman–Crippen MR) is 82.3 cm³/mol. The van der Waals surface area contributed by atoms with Gasteiger partial charge < -0.3 is 9.32 Å². The molecule has 3 rings (SSSR count). The van der Waals surface area contributed by atoms with Gasteiger partial charge in [0.15, 0.2) is 21.3 Å². The highest BCUT2D eigenvalue weighted by Crippen LogP contribution is 2.20. The van der Waals surface area contributed by atoms with Crippen molar-refractivity contribution in [3.8, 4) is 0 Å². The van der Waals surface area contributed by atoms with Gasteiger partial charge in [-0.1, -0.05) is 6.07 Å². The third-order valence-corrected chi connectivity index (χ3v) is 5.81. The summed E-state index contributed by atoms with van der Waals surface area (Å²) in [6.45, 7) is 1.78. The van der Waals surface area contributed by atoms with Gasteiger partial charge in [-0.3, -0.25) is 4.79 Å². The second-order valence-corrected chi connectivity index (χ2v) is 8.00. The van der Waals surface area contributed by atoms with Crippen LogP contribution in [0.25, 0.3) is 11.1 Å². The first-order chi connectivity index (χ1) is 10.3. The number of nitrogens with zero attached hydrogens (tertiary/aromatic N) is 2. The average molecular weight is 322 g/mol. The summed E-state index contributed by atoms with van der Waals surface area (Å²) in [5.41, 5.74) is 2.26. The van der Waals surface area contributed by atoms with Crippen LogP contribution in [0.4, 0.5) is 0 Å². The van der Waals surface area contributed by atoms with Gasteiger partial charge in [0.05, 0.1) is 17.9 Å². The highest BCUT2D eigenvalue weighted by Gasteiger charge is 2.32. The van der Waals surface area contributed by atoms with Gasteiger partial charge in [0.2, 0.25) is 5.91 Å². The van der Waals surface area contributed by atoms with Crippen molar-refractivity contribution in [2.45, 2.75) is 25.8 Å². The fourth-order valence-electron chi connectivity index (χ4n) is 2.78. The van der Waals surface area contributed by atoms with Crippen LogP contribution in [0.5, 0.6) is 0 Å². The Balaban J connectivity index is 1.72. The number of sulfone groups is 1. The molecule has 0 saturated carbocycles. The van der Waals surface area contributed by atoms with E-state index in [4.69, 9.17) is 4.42 Å². The fourth-order valence-corrected chi connectivity index (χ4v) is 4.55. The minimum atomic E-state index is -2.99. The van der Waals surface area contributed by atoms with Crippen molar-refractivity contribution < 1.29 is 17.6 Å². The van der Waals surface area contributed by atoms with Crippen molar-refractivity contribution >= 4 is 26.8 Å². The van der Waals surface area contributed by atoms with Gasteiger partial charge in [0.1, 0.15) is 5.52 Å². The molecule has 1 atom stereocenters. The van der Waals surface area contributed by atoms with Gasteiger partial charge in [-0.2, -0.15) is 0 Å². The zero-order chi connectivity index (χ0) is 15.9. The van der Waals surface area contributed by atoms with E-state index in [1.165, 1.54) is 0 Å². The molecular formula is C15H18N2O4S. The molecule has 1 fully saturated rings.